The topological polar surface area (TPSA) is 77.5 Å². The second kappa shape index (κ2) is 5.82. The summed E-state index contributed by atoms with van der Waals surface area (Å²) in [7, 11) is -3.71. The molecular weight excluding hydrogens is 316 g/mol. The lowest BCUT2D eigenvalue weighted by Crippen LogP contribution is -2.40. The van der Waals surface area contributed by atoms with Crippen LogP contribution in [0.1, 0.15) is 19.4 Å². The summed E-state index contributed by atoms with van der Waals surface area (Å²) in [6, 6.07) is 8.18. The Bertz CT molecular complexity index is 804. The van der Waals surface area contributed by atoms with E-state index in [0.29, 0.717) is 24.7 Å². The van der Waals surface area contributed by atoms with Crippen molar-refractivity contribution in [2.75, 3.05) is 13.2 Å². The number of aromatic nitrogens is 1. The maximum atomic E-state index is 12.7. The highest BCUT2D eigenvalue weighted by Gasteiger charge is 2.29. The molecule has 2 heterocycles. The van der Waals surface area contributed by atoms with Gasteiger partial charge in [-0.1, -0.05) is 0 Å². The summed E-state index contributed by atoms with van der Waals surface area (Å²) in [6.07, 6.45) is 3.27. The number of pyridine rings is 1. The van der Waals surface area contributed by atoms with Gasteiger partial charge in [-0.15, -0.1) is 0 Å². The Morgan fingerprint density at radius 1 is 1.04 bits per heavy atom. The highest BCUT2D eigenvalue weighted by molar-refractivity contribution is 7.89. The lowest BCUT2D eigenvalue weighted by atomic mass is 9.97. The van der Waals surface area contributed by atoms with E-state index in [9.17, 15) is 8.42 Å². The molecule has 0 fully saturated rings. The van der Waals surface area contributed by atoms with Crippen molar-refractivity contribution in [2.45, 2.75) is 24.3 Å². The van der Waals surface area contributed by atoms with Gasteiger partial charge in [0, 0.05) is 18.5 Å². The van der Waals surface area contributed by atoms with Crippen molar-refractivity contribution in [3.8, 4) is 11.5 Å². The quantitative estimate of drug-likeness (QED) is 0.926. The first-order valence-corrected chi connectivity index (χ1v) is 8.71. The first-order chi connectivity index (χ1) is 10.9. The van der Waals surface area contributed by atoms with Gasteiger partial charge in [0.05, 0.1) is 10.4 Å². The number of rotatable bonds is 4. The van der Waals surface area contributed by atoms with Gasteiger partial charge >= 0.3 is 0 Å². The molecule has 1 aliphatic rings. The largest absolute Gasteiger partial charge is 0.486 e. The monoisotopic (exact) mass is 334 g/mol. The molecule has 0 amide bonds. The predicted molar refractivity (Wildman–Crippen MR) is 85.0 cm³/mol. The molecule has 7 heteroatoms. The van der Waals surface area contributed by atoms with Gasteiger partial charge in [-0.3, -0.25) is 4.98 Å². The van der Waals surface area contributed by atoms with Gasteiger partial charge < -0.3 is 9.47 Å². The van der Waals surface area contributed by atoms with Gasteiger partial charge in [0.1, 0.15) is 13.2 Å². The molecule has 0 bridgehead atoms. The number of fused-ring (bicyclic) bond motifs is 1. The molecule has 3 rings (SSSR count). The number of hydrogen-bond acceptors (Lipinski definition) is 5. The van der Waals surface area contributed by atoms with E-state index in [1.165, 1.54) is 12.1 Å². The fourth-order valence-electron chi connectivity index (χ4n) is 2.41. The van der Waals surface area contributed by atoms with E-state index in [4.69, 9.17) is 9.47 Å². The summed E-state index contributed by atoms with van der Waals surface area (Å²) in [4.78, 5) is 4.10. The third-order valence-corrected chi connectivity index (χ3v) is 5.27. The minimum atomic E-state index is -3.71. The predicted octanol–water partition coefficient (Wildman–Crippen LogP) is 2.07. The summed E-state index contributed by atoms with van der Waals surface area (Å²) in [6.45, 7) is 4.48. The lowest BCUT2D eigenvalue weighted by molar-refractivity contribution is 0.171. The Hall–Kier alpha value is -2.12. The van der Waals surface area contributed by atoms with E-state index in [-0.39, 0.29) is 4.90 Å². The second-order valence-corrected chi connectivity index (χ2v) is 7.45. The van der Waals surface area contributed by atoms with E-state index >= 15 is 0 Å². The van der Waals surface area contributed by atoms with Gasteiger partial charge in [0.2, 0.25) is 10.0 Å². The Balaban J connectivity index is 1.90. The van der Waals surface area contributed by atoms with Crippen LogP contribution in [0.2, 0.25) is 0 Å². The Morgan fingerprint density at radius 2 is 1.70 bits per heavy atom. The zero-order valence-electron chi connectivity index (χ0n) is 12.9. The van der Waals surface area contributed by atoms with Crippen LogP contribution in [-0.4, -0.2) is 26.6 Å². The number of nitrogens with one attached hydrogen (secondary N) is 1. The normalized spacial score (nSPS) is 14.5. The number of benzene rings is 1. The van der Waals surface area contributed by atoms with Crippen molar-refractivity contribution in [1.82, 2.24) is 9.71 Å². The molecule has 1 aromatic carbocycles. The van der Waals surface area contributed by atoms with Crippen LogP contribution in [0.4, 0.5) is 0 Å². The van der Waals surface area contributed by atoms with E-state index in [2.05, 4.69) is 9.71 Å². The molecule has 122 valence electrons. The lowest BCUT2D eigenvalue weighted by Gasteiger charge is -2.27. The van der Waals surface area contributed by atoms with Crippen LogP contribution in [0.5, 0.6) is 11.5 Å². The third kappa shape index (κ3) is 3.30. The highest BCUT2D eigenvalue weighted by Crippen LogP contribution is 2.33. The number of sulfonamides is 1. The zero-order valence-corrected chi connectivity index (χ0v) is 13.8. The highest BCUT2D eigenvalue weighted by atomic mass is 32.2. The van der Waals surface area contributed by atoms with Gasteiger partial charge in [0.15, 0.2) is 11.5 Å². The van der Waals surface area contributed by atoms with Crippen LogP contribution in [-0.2, 0) is 15.6 Å². The molecule has 6 nitrogen and oxygen atoms in total. The second-order valence-electron chi connectivity index (χ2n) is 5.77. The van der Waals surface area contributed by atoms with Gasteiger partial charge in [-0.05, 0) is 43.7 Å². The molecule has 23 heavy (non-hydrogen) atoms. The van der Waals surface area contributed by atoms with Crippen molar-refractivity contribution in [3.63, 3.8) is 0 Å². The summed E-state index contributed by atoms with van der Waals surface area (Å²) in [5.74, 6) is 1.00. The molecule has 0 unspecified atom stereocenters. The molecule has 0 saturated heterocycles. The Kier molecular flexibility index (Phi) is 3.99. The van der Waals surface area contributed by atoms with E-state index in [0.717, 1.165) is 5.56 Å². The van der Waals surface area contributed by atoms with Gasteiger partial charge in [0.25, 0.3) is 0 Å². The summed E-state index contributed by atoms with van der Waals surface area (Å²) < 4.78 is 39.0. The van der Waals surface area contributed by atoms with Crippen molar-refractivity contribution in [2.24, 2.45) is 0 Å². The molecule has 1 aromatic heterocycles. The summed E-state index contributed by atoms with van der Waals surface area (Å²) in [5.41, 5.74) is 0.0586. The smallest absolute Gasteiger partial charge is 0.241 e. The van der Waals surface area contributed by atoms with Crippen molar-refractivity contribution in [3.05, 3.63) is 48.3 Å². The first-order valence-electron chi connectivity index (χ1n) is 7.23. The first kappa shape index (κ1) is 15.8. The van der Waals surface area contributed by atoms with Crippen LogP contribution in [0.25, 0.3) is 0 Å². The molecule has 0 radical (unpaired) electrons. The van der Waals surface area contributed by atoms with Gasteiger partial charge in [-0.2, -0.15) is 0 Å². The molecule has 0 aliphatic carbocycles. The standard InChI is InChI=1S/C16H18N2O4S/c1-16(2,12-5-7-17-8-6-12)18-23(19,20)13-3-4-14-15(11-13)22-10-9-21-14/h3-8,11,18H,9-10H2,1-2H3. The van der Waals surface area contributed by atoms with E-state index < -0.39 is 15.6 Å². The average Bonchev–Trinajstić information content (AvgIpc) is 2.54. The molecule has 0 saturated carbocycles. The Labute approximate surface area is 135 Å². The Morgan fingerprint density at radius 3 is 2.39 bits per heavy atom. The number of nitrogens with zero attached hydrogens (tertiary/aromatic N) is 1. The summed E-state index contributed by atoms with van der Waals surface area (Å²) in [5, 5.41) is 0. The molecule has 1 aliphatic heterocycles. The van der Waals surface area contributed by atoms with Crippen molar-refractivity contribution in [1.29, 1.82) is 0 Å². The maximum Gasteiger partial charge on any atom is 0.241 e. The van der Waals surface area contributed by atoms with Crippen LogP contribution in [0.15, 0.2) is 47.6 Å². The van der Waals surface area contributed by atoms with Crippen LogP contribution in [0.3, 0.4) is 0 Å². The molecule has 0 spiro atoms. The minimum Gasteiger partial charge on any atom is -0.486 e. The van der Waals surface area contributed by atoms with Gasteiger partial charge in [-0.25, -0.2) is 13.1 Å². The van der Waals surface area contributed by atoms with Crippen LogP contribution in [0, 0.1) is 0 Å². The van der Waals surface area contributed by atoms with Crippen LogP contribution >= 0.6 is 0 Å². The third-order valence-electron chi connectivity index (χ3n) is 3.62. The van der Waals surface area contributed by atoms with Crippen molar-refractivity contribution >= 4 is 10.0 Å². The maximum absolute atomic E-state index is 12.7. The fourth-order valence-corrected chi connectivity index (χ4v) is 3.83. The molecule has 2 aromatic rings. The van der Waals surface area contributed by atoms with Crippen LogP contribution < -0.4 is 14.2 Å². The fraction of sp³-hybridized carbons (Fsp3) is 0.312. The molecular formula is C16H18N2O4S. The number of ether oxygens (including phenoxy) is 2. The SMILES string of the molecule is CC(C)(NS(=O)(=O)c1ccc2c(c1)OCCO2)c1ccncc1. The summed E-state index contributed by atoms with van der Waals surface area (Å²) >= 11 is 0. The number of hydrogen-bond donors (Lipinski definition) is 1. The van der Waals surface area contributed by atoms with E-state index in [1.54, 1.807) is 44.4 Å². The molecule has 1 N–H and O–H groups in total. The van der Waals surface area contributed by atoms with E-state index in [1.807, 2.05) is 0 Å². The van der Waals surface area contributed by atoms with Crippen molar-refractivity contribution < 1.29 is 17.9 Å². The zero-order chi connectivity index (χ0) is 16.5. The average molecular weight is 334 g/mol. The molecule has 0 atom stereocenters. The minimum absolute atomic E-state index is 0.142.